The number of hydrogen-bond acceptors (Lipinski definition) is 3. The van der Waals surface area contributed by atoms with Crippen molar-refractivity contribution >= 4 is 11.7 Å². The van der Waals surface area contributed by atoms with Crippen molar-refractivity contribution in [2.75, 3.05) is 5.73 Å². The Balaban J connectivity index is 2.56. The molecule has 5 heteroatoms. The molecule has 5 nitrogen and oxygen atoms in total. The summed E-state index contributed by atoms with van der Waals surface area (Å²) < 4.78 is 1.80. The second-order valence-corrected chi connectivity index (χ2v) is 3.42. The summed E-state index contributed by atoms with van der Waals surface area (Å²) in [5, 5.41) is 8.95. The fourth-order valence-corrected chi connectivity index (χ4v) is 1.53. The van der Waals surface area contributed by atoms with Gasteiger partial charge in [0.2, 0.25) is 0 Å². The Hall–Kier alpha value is -2.30. The van der Waals surface area contributed by atoms with Crippen molar-refractivity contribution in [1.29, 1.82) is 0 Å². The maximum atomic E-state index is 10.9. The van der Waals surface area contributed by atoms with Gasteiger partial charge >= 0.3 is 5.97 Å². The van der Waals surface area contributed by atoms with Crippen LogP contribution in [0.25, 0.3) is 5.69 Å². The van der Waals surface area contributed by atoms with E-state index in [1.807, 2.05) is 6.92 Å². The van der Waals surface area contributed by atoms with Crippen LogP contribution in [-0.4, -0.2) is 20.6 Å². The van der Waals surface area contributed by atoms with Crippen LogP contribution in [0.5, 0.6) is 0 Å². The lowest BCUT2D eigenvalue weighted by Crippen LogP contribution is -2.04. The molecule has 0 radical (unpaired) electrons. The number of hydrogen-bond donors (Lipinski definition) is 2. The van der Waals surface area contributed by atoms with Gasteiger partial charge in [0, 0.05) is 23.8 Å². The second-order valence-electron chi connectivity index (χ2n) is 3.42. The van der Waals surface area contributed by atoms with Gasteiger partial charge in [-0.3, -0.25) is 0 Å². The molecule has 0 amide bonds. The van der Waals surface area contributed by atoms with Gasteiger partial charge in [0.15, 0.2) is 0 Å². The molecule has 0 saturated heterocycles. The predicted molar refractivity (Wildman–Crippen MR) is 59.7 cm³/mol. The Morgan fingerprint density at radius 3 is 2.81 bits per heavy atom. The van der Waals surface area contributed by atoms with Gasteiger partial charge in [-0.2, -0.15) is 0 Å². The van der Waals surface area contributed by atoms with Crippen LogP contribution in [0, 0.1) is 6.92 Å². The van der Waals surface area contributed by atoms with E-state index in [1.54, 1.807) is 29.1 Å². The third-order valence-corrected chi connectivity index (χ3v) is 2.37. The number of nitrogen functional groups attached to an aromatic ring is 1. The van der Waals surface area contributed by atoms with Crippen LogP contribution in [-0.2, 0) is 0 Å². The number of nitrogens with two attached hydrogens (primary N) is 1. The Bertz CT molecular complexity index is 546. The maximum Gasteiger partial charge on any atom is 0.337 e. The van der Waals surface area contributed by atoms with E-state index in [-0.39, 0.29) is 11.3 Å². The Kier molecular flexibility index (Phi) is 2.36. The van der Waals surface area contributed by atoms with Crippen molar-refractivity contribution in [1.82, 2.24) is 9.55 Å². The van der Waals surface area contributed by atoms with Gasteiger partial charge in [-0.1, -0.05) is 0 Å². The molecule has 0 fully saturated rings. The number of anilines is 1. The number of carbonyl (C=O) groups is 1. The lowest BCUT2D eigenvalue weighted by molar-refractivity contribution is 0.0698. The van der Waals surface area contributed by atoms with Crippen LogP contribution in [0.1, 0.15) is 16.2 Å². The van der Waals surface area contributed by atoms with E-state index in [1.165, 1.54) is 6.07 Å². The predicted octanol–water partition coefficient (Wildman–Crippen LogP) is 1.46. The number of carboxylic acids is 1. The topological polar surface area (TPSA) is 81.1 Å². The zero-order valence-electron chi connectivity index (χ0n) is 8.71. The molecule has 3 N–H and O–H groups in total. The number of benzene rings is 1. The van der Waals surface area contributed by atoms with E-state index in [0.29, 0.717) is 0 Å². The first-order valence-corrected chi connectivity index (χ1v) is 4.72. The molecule has 0 atom stereocenters. The van der Waals surface area contributed by atoms with Crippen molar-refractivity contribution in [3.05, 3.63) is 42.0 Å². The number of rotatable bonds is 2. The van der Waals surface area contributed by atoms with E-state index in [9.17, 15) is 4.79 Å². The summed E-state index contributed by atoms with van der Waals surface area (Å²) in [4.78, 5) is 15.0. The number of aryl methyl sites for hydroxylation is 1. The SMILES string of the molecule is Cc1nccn1-c1ccc(N)c(C(=O)O)c1. The molecule has 0 aliphatic heterocycles. The molecule has 0 saturated carbocycles. The molecule has 1 heterocycles. The van der Waals surface area contributed by atoms with Gasteiger partial charge < -0.3 is 15.4 Å². The highest BCUT2D eigenvalue weighted by atomic mass is 16.4. The first-order chi connectivity index (χ1) is 7.59. The monoisotopic (exact) mass is 217 g/mol. The standard InChI is InChI=1S/C11H11N3O2/c1-7-13-4-5-14(7)8-2-3-10(12)9(6-8)11(15)16/h2-6H,12H2,1H3,(H,15,16). The first-order valence-electron chi connectivity index (χ1n) is 4.72. The van der Waals surface area contributed by atoms with Crippen LogP contribution in [0.2, 0.25) is 0 Å². The largest absolute Gasteiger partial charge is 0.478 e. The number of aromatic carboxylic acids is 1. The molecular formula is C11H11N3O2. The fourth-order valence-electron chi connectivity index (χ4n) is 1.53. The highest BCUT2D eigenvalue weighted by Gasteiger charge is 2.10. The van der Waals surface area contributed by atoms with Crippen LogP contribution in [0.4, 0.5) is 5.69 Å². The molecule has 0 aliphatic carbocycles. The molecule has 0 bridgehead atoms. The normalized spacial score (nSPS) is 10.3. The summed E-state index contributed by atoms with van der Waals surface area (Å²) in [5.74, 6) is -0.238. The van der Waals surface area contributed by atoms with Gasteiger partial charge in [-0.05, 0) is 25.1 Å². The number of aromatic nitrogens is 2. The average Bonchev–Trinajstić information content (AvgIpc) is 2.65. The van der Waals surface area contributed by atoms with E-state index >= 15 is 0 Å². The molecule has 16 heavy (non-hydrogen) atoms. The number of carboxylic acid groups (broad SMARTS) is 1. The van der Waals surface area contributed by atoms with Crippen LogP contribution < -0.4 is 5.73 Å². The summed E-state index contributed by atoms with van der Waals surface area (Å²) in [7, 11) is 0. The van der Waals surface area contributed by atoms with Crippen LogP contribution in [0.3, 0.4) is 0 Å². The Morgan fingerprint density at radius 2 is 2.25 bits per heavy atom. The van der Waals surface area contributed by atoms with E-state index in [0.717, 1.165) is 11.5 Å². The molecule has 82 valence electrons. The minimum absolute atomic E-state index is 0.102. The molecule has 2 aromatic rings. The molecule has 2 rings (SSSR count). The molecule has 1 aromatic heterocycles. The van der Waals surface area contributed by atoms with Crippen molar-refractivity contribution in [2.45, 2.75) is 6.92 Å². The highest BCUT2D eigenvalue weighted by Crippen LogP contribution is 2.18. The van der Waals surface area contributed by atoms with E-state index in [2.05, 4.69) is 4.98 Å². The van der Waals surface area contributed by atoms with Crippen molar-refractivity contribution < 1.29 is 9.90 Å². The lowest BCUT2D eigenvalue weighted by atomic mass is 10.1. The molecule has 0 spiro atoms. The first kappa shape index (κ1) is 10.2. The van der Waals surface area contributed by atoms with E-state index in [4.69, 9.17) is 10.8 Å². The zero-order chi connectivity index (χ0) is 11.7. The fraction of sp³-hybridized carbons (Fsp3) is 0.0909. The number of nitrogens with zero attached hydrogens (tertiary/aromatic N) is 2. The zero-order valence-corrected chi connectivity index (χ0v) is 8.71. The van der Waals surface area contributed by atoms with Crippen LogP contribution >= 0.6 is 0 Å². The van der Waals surface area contributed by atoms with Gasteiger partial charge in [-0.25, -0.2) is 9.78 Å². The summed E-state index contributed by atoms with van der Waals surface area (Å²) in [6.45, 7) is 1.84. The highest BCUT2D eigenvalue weighted by molar-refractivity contribution is 5.94. The number of imidazole rings is 1. The van der Waals surface area contributed by atoms with Crippen molar-refractivity contribution in [2.24, 2.45) is 0 Å². The Labute approximate surface area is 92.2 Å². The van der Waals surface area contributed by atoms with Crippen LogP contribution in [0.15, 0.2) is 30.6 Å². The average molecular weight is 217 g/mol. The lowest BCUT2D eigenvalue weighted by Gasteiger charge is -2.07. The summed E-state index contributed by atoms with van der Waals surface area (Å²) >= 11 is 0. The quantitative estimate of drug-likeness (QED) is 0.746. The van der Waals surface area contributed by atoms with Crippen molar-refractivity contribution in [3.63, 3.8) is 0 Å². The summed E-state index contributed by atoms with van der Waals surface area (Å²) in [6.07, 6.45) is 3.43. The van der Waals surface area contributed by atoms with Gasteiger partial charge in [0.05, 0.1) is 5.56 Å². The second kappa shape index (κ2) is 3.69. The molecule has 0 aliphatic rings. The Morgan fingerprint density at radius 1 is 1.50 bits per heavy atom. The van der Waals surface area contributed by atoms with Gasteiger partial charge in [0.25, 0.3) is 0 Å². The van der Waals surface area contributed by atoms with Gasteiger partial charge in [0.1, 0.15) is 5.82 Å². The molecular weight excluding hydrogens is 206 g/mol. The van der Waals surface area contributed by atoms with Crippen molar-refractivity contribution in [3.8, 4) is 5.69 Å². The maximum absolute atomic E-state index is 10.9. The van der Waals surface area contributed by atoms with Gasteiger partial charge in [-0.15, -0.1) is 0 Å². The molecule has 0 unspecified atom stereocenters. The minimum Gasteiger partial charge on any atom is -0.478 e. The third kappa shape index (κ3) is 1.63. The molecule has 1 aromatic carbocycles. The summed E-state index contributed by atoms with van der Waals surface area (Å²) in [6, 6.07) is 4.88. The van der Waals surface area contributed by atoms with E-state index < -0.39 is 5.97 Å². The summed E-state index contributed by atoms with van der Waals surface area (Å²) in [5.41, 5.74) is 6.67. The third-order valence-electron chi connectivity index (χ3n) is 2.37. The smallest absolute Gasteiger partial charge is 0.337 e. The minimum atomic E-state index is -1.03.